The first kappa shape index (κ1) is 13.3. The Morgan fingerprint density at radius 3 is 2.35 bits per heavy atom. The molecule has 20 heavy (non-hydrogen) atoms. The van der Waals surface area contributed by atoms with Crippen LogP contribution in [0, 0.1) is 0 Å². The van der Waals surface area contributed by atoms with Crippen molar-refractivity contribution in [2.45, 2.75) is 25.4 Å². The number of likely N-dealkylation sites (tertiary alicyclic amines) is 1. The molecule has 1 fully saturated rings. The minimum Gasteiger partial charge on any atom is -0.327 e. The number of rotatable bonds is 3. The van der Waals surface area contributed by atoms with Gasteiger partial charge >= 0.3 is 0 Å². The van der Waals surface area contributed by atoms with E-state index in [1.807, 2.05) is 0 Å². The number of hydrogen-bond donors (Lipinski definition) is 1. The van der Waals surface area contributed by atoms with E-state index in [2.05, 4.69) is 59.5 Å². The van der Waals surface area contributed by atoms with Crippen molar-refractivity contribution in [3.63, 3.8) is 0 Å². The van der Waals surface area contributed by atoms with Crippen molar-refractivity contribution >= 4 is 0 Å². The second-order valence-electron chi connectivity index (χ2n) is 5.70. The summed E-state index contributed by atoms with van der Waals surface area (Å²) in [5.74, 6) is 0. The Balaban J connectivity index is 1.67. The molecule has 1 unspecified atom stereocenters. The maximum Gasteiger partial charge on any atom is 0.0234 e. The zero-order valence-electron chi connectivity index (χ0n) is 11.8. The minimum absolute atomic E-state index is 0.354. The summed E-state index contributed by atoms with van der Waals surface area (Å²) in [5.41, 5.74) is 9.97. The Morgan fingerprint density at radius 1 is 0.950 bits per heavy atom. The van der Waals surface area contributed by atoms with Crippen LogP contribution in [0.3, 0.4) is 0 Å². The highest BCUT2D eigenvalue weighted by atomic mass is 15.1. The fourth-order valence-corrected chi connectivity index (χ4v) is 2.93. The first-order valence-corrected chi connectivity index (χ1v) is 7.43. The van der Waals surface area contributed by atoms with Gasteiger partial charge in [-0.15, -0.1) is 0 Å². The highest BCUT2D eigenvalue weighted by Crippen LogP contribution is 2.20. The van der Waals surface area contributed by atoms with Crippen molar-refractivity contribution < 1.29 is 0 Å². The predicted molar refractivity (Wildman–Crippen MR) is 84.4 cm³/mol. The Labute approximate surface area is 121 Å². The van der Waals surface area contributed by atoms with Crippen LogP contribution in [0.2, 0.25) is 0 Å². The van der Waals surface area contributed by atoms with Gasteiger partial charge in [-0.25, -0.2) is 0 Å². The summed E-state index contributed by atoms with van der Waals surface area (Å²) < 4.78 is 0. The first-order valence-electron chi connectivity index (χ1n) is 7.43. The number of benzene rings is 2. The monoisotopic (exact) mass is 266 g/mol. The number of piperidine rings is 1. The van der Waals surface area contributed by atoms with Crippen LogP contribution in [-0.4, -0.2) is 24.0 Å². The van der Waals surface area contributed by atoms with Gasteiger partial charge < -0.3 is 5.73 Å². The second-order valence-corrected chi connectivity index (χ2v) is 5.70. The standard InChI is InChI=1S/C18H22N2/c19-18-7-4-12-20(14-18)13-15-8-10-17(11-9-15)16-5-2-1-3-6-16/h1-3,5-6,8-11,18H,4,7,12-14,19H2. The summed E-state index contributed by atoms with van der Waals surface area (Å²) in [6.45, 7) is 3.22. The van der Waals surface area contributed by atoms with Crippen LogP contribution in [0.5, 0.6) is 0 Å². The third kappa shape index (κ3) is 3.27. The Bertz CT molecular complexity index is 533. The lowest BCUT2D eigenvalue weighted by atomic mass is 10.0. The van der Waals surface area contributed by atoms with Gasteiger partial charge in [0, 0.05) is 19.1 Å². The molecular formula is C18H22N2. The van der Waals surface area contributed by atoms with Crippen molar-refractivity contribution in [3.8, 4) is 11.1 Å². The van der Waals surface area contributed by atoms with Crippen LogP contribution in [0.25, 0.3) is 11.1 Å². The normalized spacial score (nSPS) is 19.9. The third-order valence-corrected chi connectivity index (χ3v) is 4.01. The van der Waals surface area contributed by atoms with E-state index >= 15 is 0 Å². The zero-order valence-corrected chi connectivity index (χ0v) is 11.8. The summed E-state index contributed by atoms with van der Waals surface area (Å²) in [5, 5.41) is 0. The second kappa shape index (κ2) is 6.21. The average Bonchev–Trinajstić information content (AvgIpc) is 2.49. The zero-order chi connectivity index (χ0) is 13.8. The van der Waals surface area contributed by atoms with E-state index in [1.54, 1.807) is 0 Å². The molecule has 0 bridgehead atoms. The molecular weight excluding hydrogens is 244 g/mol. The molecule has 2 N–H and O–H groups in total. The van der Waals surface area contributed by atoms with Crippen molar-refractivity contribution in [2.75, 3.05) is 13.1 Å². The SMILES string of the molecule is NC1CCCN(Cc2ccc(-c3ccccc3)cc2)C1. The van der Waals surface area contributed by atoms with E-state index in [0.29, 0.717) is 6.04 Å². The van der Waals surface area contributed by atoms with Gasteiger partial charge in [0.1, 0.15) is 0 Å². The lowest BCUT2D eigenvalue weighted by Gasteiger charge is -2.30. The molecule has 0 radical (unpaired) electrons. The smallest absolute Gasteiger partial charge is 0.0234 e. The number of nitrogens with zero attached hydrogens (tertiary/aromatic N) is 1. The van der Waals surface area contributed by atoms with Crippen molar-refractivity contribution in [1.29, 1.82) is 0 Å². The fourth-order valence-electron chi connectivity index (χ4n) is 2.93. The van der Waals surface area contributed by atoms with E-state index < -0.39 is 0 Å². The maximum absolute atomic E-state index is 6.04. The molecule has 2 aromatic rings. The molecule has 2 nitrogen and oxygen atoms in total. The summed E-state index contributed by atoms with van der Waals surface area (Å²) in [6.07, 6.45) is 2.40. The van der Waals surface area contributed by atoms with Gasteiger partial charge in [0.05, 0.1) is 0 Å². The number of nitrogens with two attached hydrogens (primary N) is 1. The molecule has 0 aliphatic carbocycles. The lowest BCUT2D eigenvalue weighted by molar-refractivity contribution is 0.201. The molecule has 1 aliphatic heterocycles. The maximum atomic E-state index is 6.04. The molecule has 104 valence electrons. The van der Waals surface area contributed by atoms with Crippen molar-refractivity contribution in [2.24, 2.45) is 5.73 Å². The summed E-state index contributed by atoms with van der Waals surface area (Å²) >= 11 is 0. The van der Waals surface area contributed by atoms with Crippen LogP contribution >= 0.6 is 0 Å². The lowest BCUT2D eigenvalue weighted by Crippen LogP contribution is -2.42. The first-order chi connectivity index (χ1) is 9.81. The quantitative estimate of drug-likeness (QED) is 0.924. The minimum atomic E-state index is 0.354. The predicted octanol–water partition coefficient (Wildman–Crippen LogP) is 3.28. The Morgan fingerprint density at radius 2 is 1.65 bits per heavy atom. The Hall–Kier alpha value is -1.64. The molecule has 1 aliphatic rings. The molecule has 1 atom stereocenters. The summed E-state index contributed by atoms with van der Waals surface area (Å²) in [7, 11) is 0. The van der Waals surface area contributed by atoms with Crippen LogP contribution in [0.1, 0.15) is 18.4 Å². The molecule has 0 spiro atoms. The van der Waals surface area contributed by atoms with Crippen molar-refractivity contribution in [1.82, 2.24) is 4.90 Å². The van der Waals surface area contributed by atoms with E-state index in [1.165, 1.54) is 36.1 Å². The summed E-state index contributed by atoms with van der Waals surface area (Å²) in [6, 6.07) is 19.8. The molecule has 1 saturated heterocycles. The van der Waals surface area contributed by atoms with Crippen LogP contribution in [0.15, 0.2) is 54.6 Å². The molecule has 2 aromatic carbocycles. The van der Waals surface area contributed by atoms with Gasteiger partial charge in [-0.1, -0.05) is 54.6 Å². The number of hydrogen-bond acceptors (Lipinski definition) is 2. The van der Waals surface area contributed by atoms with Gasteiger partial charge in [-0.3, -0.25) is 4.90 Å². The van der Waals surface area contributed by atoms with E-state index in [4.69, 9.17) is 5.73 Å². The van der Waals surface area contributed by atoms with Gasteiger partial charge in [-0.05, 0) is 36.1 Å². The third-order valence-electron chi connectivity index (χ3n) is 4.01. The van der Waals surface area contributed by atoms with E-state index in [9.17, 15) is 0 Å². The van der Waals surface area contributed by atoms with Crippen LogP contribution < -0.4 is 5.73 Å². The average molecular weight is 266 g/mol. The Kier molecular flexibility index (Phi) is 4.14. The van der Waals surface area contributed by atoms with Crippen molar-refractivity contribution in [3.05, 3.63) is 60.2 Å². The van der Waals surface area contributed by atoms with Gasteiger partial charge in [-0.2, -0.15) is 0 Å². The van der Waals surface area contributed by atoms with Gasteiger partial charge in [0.2, 0.25) is 0 Å². The molecule has 0 aromatic heterocycles. The molecule has 1 heterocycles. The molecule has 0 amide bonds. The van der Waals surface area contributed by atoms with Gasteiger partial charge in [0.15, 0.2) is 0 Å². The van der Waals surface area contributed by atoms with Crippen LogP contribution in [-0.2, 0) is 6.54 Å². The highest BCUT2D eigenvalue weighted by molar-refractivity contribution is 5.63. The largest absolute Gasteiger partial charge is 0.327 e. The molecule has 2 heteroatoms. The highest BCUT2D eigenvalue weighted by Gasteiger charge is 2.16. The molecule has 0 saturated carbocycles. The van der Waals surface area contributed by atoms with E-state index in [-0.39, 0.29) is 0 Å². The molecule has 3 rings (SSSR count). The van der Waals surface area contributed by atoms with Crippen LogP contribution in [0.4, 0.5) is 0 Å². The van der Waals surface area contributed by atoms with Gasteiger partial charge in [0.25, 0.3) is 0 Å². The van der Waals surface area contributed by atoms with E-state index in [0.717, 1.165) is 13.1 Å². The summed E-state index contributed by atoms with van der Waals surface area (Å²) in [4.78, 5) is 2.46. The topological polar surface area (TPSA) is 29.3 Å². The fraction of sp³-hybridized carbons (Fsp3) is 0.333.